The van der Waals surface area contributed by atoms with Crippen molar-refractivity contribution < 1.29 is 26.6 Å². The number of rotatable bonds is 15. The van der Waals surface area contributed by atoms with Crippen LogP contribution in [0.2, 0.25) is 23.2 Å². The quantitative estimate of drug-likeness (QED) is 0.395. The highest BCUT2D eigenvalue weighted by Gasteiger charge is 2.31. The lowest BCUT2D eigenvalue weighted by Crippen LogP contribution is -2.27. The van der Waals surface area contributed by atoms with Crippen LogP contribution in [0.1, 0.15) is 19.3 Å². The van der Waals surface area contributed by atoms with E-state index in [0.717, 1.165) is 37.4 Å². The molecule has 0 aromatic carbocycles. The maximum atomic E-state index is 5.40. The lowest BCUT2D eigenvalue weighted by molar-refractivity contribution is 0.263. The fraction of sp³-hybridized carbons (Fsp3) is 1.00. The summed E-state index contributed by atoms with van der Waals surface area (Å²) in [5.41, 5.74) is 0. The third-order valence-electron chi connectivity index (χ3n) is 3.79. The Balaban J connectivity index is 4.66. The van der Waals surface area contributed by atoms with Gasteiger partial charge in [0.15, 0.2) is 0 Å². The molecule has 0 saturated heterocycles. The average molecular weight is 395 g/mol. The summed E-state index contributed by atoms with van der Waals surface area (Å²) < 4.78 is 32.4. The van der Waals surface area contributed by atoms with E-state index >= 15 is 0 Å². The van der Waals surface area contributed by atoms with Gasteiger partial charge in [0, 0.05) is 52.9 Å². The van der Waals surface area contributed by atoms with E-state index in [9.17, 15) is 0 Å². The first kappa shape index (κ1) is 23.6. The predicted molar refractivity (Wildman–Crippen MR) is 96.0 cm³/mol. The van der Waals surface area contributed by atoms with Gasteiger partial charge in [-0.25, -0.2) is 0 Å². The standard InChI is InChI=1S/C13H30O6Si4/c1-14-21(15-2)10-7-13(20,8-11-22(16-3)17-4)9-12-23(18-5)19-6/h7-12H2,1-6H3. The van der Waals surface area contributed by atoms with Crippen LogP contribution in [0.15, 0.2) is 0 Å². The van der Waals surface area contributed by atoms with E-state index in [2.05, 4.69) is 10.2 Å². The van der Waals surface area contributed by atoms with Crippen LogP contribution >= 0.6 is 0 Å². The molecule has 0 saturated carbocycles. The van der Waals surface area contributed by atoms with Gasteiger partial charge in [-0.15, -0.1) is 0 Å². The Bertz CT molecular complexity index is 234. The Morgan fingerprint density at radius 2 is 0.783 bits per heavy atom. The zero-order valence-electron chi connectivity index (χ0n) is 15.2. The van der Waals surface area contributed by atoms with E-state index in [-0.39, 0.29) is 5.04 Å². The van der Waals surface area contributed by atoms with E-state index in [1.165, 1.54) is 0 Å². The minimum atomic E-state index is -1.19. The Morgan fingerprint density at radius 3 is 0.957 bits per heavy atom. The van der Waals surface area contributed by atoms with Gasteiger partial charge in [-0.1, -0.05) is 0 Å². The van der Waals surface area contributed by atoms with E-state index in [0.29, 0.717) is 0 Å². The highest BCUT2D eigenvalue weighted by molar-refractivity contribution is 6.45. The Labute approximate surface area is 150 Å². The second-order valence-electron chi connectivity index (χ2n) is 5.12. The van der Waals surface area contributed by atoms with Gasteiger partial charge in [-0.3, -0.25) is 0 Å². The van der Waals surface area contributed by atoms with Crippen LogP contribution in [0, 0.1) is 0 Å². The van der Waals surface area contributed by atoms with Gasteiger partial charge in [0.2, 0.25) is 0 Å². The summed E-state index contributed by atoms with van der Waals surface area (Å²) in [5.74, 6) is 0. The molecule has 6 nitrogen and oxygen atoms in total. The molecular weight excluding hydrogens is 364 g/mol. The molecule has 0 spiro atoms. The molecule has 0 aliphatic heterocycles. The molecule has 0 unspecified atom stereocenters. The van der Waals surface area contributed by atoms with Crippen LogP contribution in [-0.2, 0) is 26.6 Å². The average Bonchev–Trinajstić information content (AvgIpc) is 2.57. The summed E-state index contributed by atoms with van der Waals surface area (Å²) in [5, 5.41) is -0.00701. The Kier molecular flexibility index (Phi) is 14.2. The molecule has 134 valence electrons. The van der Waals surface area contributed by atoms with Gasteiger partial charge in [0.05, 0.1) is 0 Å². The summed E-state index contributed by atoms with van der Waals surface area (Å²) in [6.07, 6.45) is 2.93. The van der Waals surface area contributed by atoms with Gasteiger partial charge in [-0.05, 0) is 42.4 Å². The van der Waals surface area contributed by atoms with Crippen LogP contribution in [0.3, 0.4) is 0 Å². The third kappa shape index (κ3) is 10.3. The first-order valence-electron chi connectivity index (χ1n) is 7.55. The van der Waals surface area contributed by atoms with E-state index in [4.69, 9.17) is 26.6 Å². The molecule has 0 heterocycles. The van der Waals surface area contributed by atoms with Crippen LogP contribution in [0.25, 0.3) is 0 Å². The van der Waals surface area contributed by atoms with Crippen molar-refractivity contribution in [3.63, 3.8) is 0 Å². The maximum absolute atomic E-state index is 5.40. The van der Waals surface area contributed by atoms with Crippen molar-refractivity contribution in [3.05, 3.63) is 0 Å². The van der Waals surface area contributed by atoms with Gasteiger partial charge in [0.25, 0.3) is 0 Å². The minimum Gasteiger partial charge on any atom is -0.397 e. The molecule has 0 N–H and O–H groups in total. The minimum absolute atomic E-state index is 0.00701. The van der Waals surface area contributed by atoms with E-state index < -0.39 is 27.9 Å². The molecule has 0 aromatic rings. The fourth-order valence-electron chi connectivity index (χ4n) is 2.26. The van der Waals surface area contributed by atoms with Crippen molar-refractivity contribution in [1.29, 1.82) is 0 Å². The monoisotopic (exact) mass is 394 g/mol. The van der Waals surface area contributed by atoms with E-state index in [1.807, 2.05) is 0 Å². The molecule has 0 aliphatic carbocycles. The second kappa shape index (κ2) is 13.9. The zero-order valence-corrected chi connectivity index (χ0v) is 19.2. The van der Waals surface area contributed by atoms with Gasteiger partial charge in [0.1, 0.15) is 0 Å². The molecule has 0 amide bonds. The first-order valence-corrected chi connectivity index (χ1v) is 12.6. The van der Waals surface area contributed by atoms with E-state index in [1.54, 1.807) is 42.7 Å². The summed E-state index contributed by atoms with van der Waals surface area (Å²) in [6.45, 7) is 0. The zero-order chi connectivity index (χ0) is 17.7. The lowest BCUT2D eigenvalue weighted by Gasteiger charge is -2.31. The Hall–Kier alpha value is 0.628. The van der Waals surface area contributed by atoms with Crippen molar-refractivity contribution in [2.45, 2.75) is 42.4 Å². The van der Waals surface area contributed by atoms with Crippen LogP contribution in [-0.4, -0.2) is 80.8 Å². The topological polar surface area (TPSA) is 55.4 Å². The largest absolute Gasteiger partial charge is 0.397 e. The summed E-state index contributed by atoms with van der Waals surface area (Å²) in [7, 11) is 10.7. The normalized spacial score (nSPS) is 12.8. The van der Waals surface area contributed by atoms with Crippen molar-refractivity contribution >= 4 is 38.1 Å². The third-order valence-corrected chi connectivity index (χ3v) is 9.25. The molecule has 6 radical (unpaired) electrons. The predicted octanol–water partition coefficient (Wildman–Crippen LogP) is 1.83. The molecule has 0 atom stereocenters. The molecule has 0 aliphatic rings. The van der Waals surface area contributed by atoms with Crippen LogP contribution in [0.5, 0.6) is 0 Å². The van der Waals surface area contributed by atoms with Crippen molar-refractivity contribution in [2.75, 3.05) is 42.7 Å². The summed E-state index contributed by atoms with van der Waals surface area (Å²) in [6, 6.07) is 2.77. The second-order valence-corrected chi connectivity index (χ2v) is 12.4. The van der Waals surface area contributed by atoms with Crippen LogP contribution < -0.4 is 0 Å². The van der Waals surface area contributed by atoms with Gasteiger partial charge in [-0.2, -0.15) is 0 Å². The highest BCUT2D eigenvalue weighted by atomic mass is 28.3. The molecule has 23 heavy (non-hydrogen) atoms. The first-order chi connectivity index (χ1) is 11.0. The van der Waals surface area contributed by atoms with Gasteiger partial charge >= 0.3 is 27.9 Å². The summed E-state index contributed by atoms with van der Waals surface area (Å²) in [4.78, 5) is 0. The molecule has 0 bridgehead atoms. The maximum Gasteiger partial charge on any atom is 0.384 e. The number of hydrogen-bond donors (Lipinski definition) is 0. The number of hydrogen-bond acceptors (Lipinski definition) is 6. The van der Waals surface area contributed by atoms with Gasteiger partial charge < -0.3 is 26.6 Å². The van der Waals surface area contributed by atoms with Crippen molar-refractivity contribution in [1.82, 2.24) is 0 Å². The molecule has 0 fully saturated rings. The molecule has 0 rings (SSSR count). The Morgan fingerprint density at radius 1 is 0.565 bits per heavy atom. The summed E-state index contributed by atoms with van der Waals surface area (Å²) >= 11 is 0. The molecular formula is C13H30O6Si4. The van der Waals surface area contributed by atoms with Crippen molar-refractivity contribution in [3.8, 4) is 0 Å². The molecule has 10 heteroatoms. The van der Waals surface area contributed by atoms with Crippen LogP contribution in [0.4, 0.5) is 0 Å². The SMILES string of the molecule is CO[Si](CCC([Si])(CC[Si](OC)OC)CC[Si](OC)OC)OC. The molecule has 0 aromatic heterocycles. The van der Waals surface area contributed by atoms with Crippen molar-refractivity contribution in [2.24, 2.45) is 0 Å². The lowest BCUT2D eigenvalue weighted by atomic mass is 9.98. The smallest absolute Gasteiger partial charge is 0.384 e. The highest BCUT2D eigenvalue weighted by Crippen LogP contribution is 2.41. The fourth-order valence-corrected chi connectivity index (χ4v) is 7.16.